The summed E-state index contributed by atoms with van der Waals surface area (Å²) in [7, 11) is 0. The van der Waals surface area contributed by atoms with Crippen molar-refractivity contribution in [3.63, 3.8) is 0 Å². The largest absolute Gasteiger partial charge is 0.264 e. The normalized spacial score (nSPS) is 33.9. The Morgan fingerprint density at radius 2 is 2.21 bits per heavy atom. The first-order valence-corrected chi connectivity index (χ1v) is 6.79. The fraction of sp³-hybridized carbons (Fsp3) is 0.583. The highest BCUT2D eigenvalue weighted by molar-refractivity contribution is 6.30. The number of halogens is 1. The third-order valence-electron chi connectivity index (χ3n) is 4.09. The van der Waals surface area contributed by atoms with Crippen molar-refractivity contribution in [1.82, 2.24) is 15.8 Å². The molecule has 2 fully saturated rings. The smallest absolute Gasteiger partial charge is 0.213 e. The van der Waals surface area contributed by atoms with Crippen LogP contribution >= 0.6 is 11.6 Å². The summed E-state index contributed by atoms with van der Waals surface area (Å²) in [6, 6.07) is 3.55. The molecule has 4 atom stereocenters. The highest BCUT2D eigenvalue weighted by Gasteiger charge is 2.44. The van der Waals surface area contributed by atoms with E-state index in [1.54, 1.807) is 12.3 Å². The van der Waals surface area contributed by atoms with E-state index in [0.29, 0.717) is 23.9 Å². The Bertz CT molecular complexity index is 481. The van der Waals surface area contributed by atoms with Gasteiger partial charge in [-0.2, -0.15) is 0 Å². The van der Waals surface area contributed by atoms with Gasteiger partial charge in [-0.05, 0) is 18.6 Å². The van der Waals surface area contributed by atoms with Gasteiger partial charge in [-0.1, -0.05) is 11.6 Å². The summed E-state index contributed by atoms with van der Waals surface area (Å²) < 4.78 is 0. The van der Waals surface area contributed by atoms with Crippen LogP contribution in [0.5, 0.6) is 0 Å². The number of pyridine rings is 1. The summed E-state index contributed by atoms with van der Waals surface area (Å²) in [6.07, 6.45) is 3.67. The van der Waals surface area contributed by atoms with E-state index in [4.69, 9.17) is 11.6 Å². The van der Waals surface area contributed by atoms with Gasteiger partial charge in [-0.25, -0.2) is 5.43 Å². The number of hydrazine groups is 1. The van der Waals surface area contributed by atoms with Gasteiger partial charge in [0.25, 0.3) is 0 Å². The molecule has 102 valence electrons. The number of nitro groups is 1. The van der Waals surface area contributed by atoms with Crippen LogP contribution in [0, 0.1) is 16.0 Å². The maximum absolute atomic E-state index is 11.0. The Kier molecular flexibility index (Phi) is 3.38. The fourth-order valence-electron chi connectivity index (χ4n) is 3.09. The molecule has 0 spiro atoms. The highest BCUT2D eigenvalue weighted by atomic mass is 35.5. The van der Waals surface area contributed by atoms with Gasteiger partial charge in [-0.3, -0.25) is 20.5 Å². The van der Waals surface area contributed by atoms with Gasteiger partial charge in [0.15, 0.2) is 0 Å². The second-order valence-electron chi connectivity index (χ2n) is 5.19. The van der Waals surface area contributed by atoms with Gasteiger partial charge in [0.2, 0.25) is 6.04 Å². The quantitative estimate of drug-likeness (QED) is 0.637. The maximum Gasteiger partial charge on any atom is 0.213 e. The molecule has 1 aromatic heterocycles. The summed E-state index contributed by atoms with van der Waals surface area (Å²) in [6.45, 7) is 0. The second-order valence-corrected chi connectivity index (χ2v) is 5.63. The lowest BCUT2D eigenvalue weighted by molar-refractivity contribution is -0.528. The van der Waals surface area contributed by atoms with Crippen molar-refractivity contribution in [2.45, 2.75) is 37.4 Å². The van der Waals surface area contributed by atoms with Crippen LogP contribution < -0.4 is 10.9 Å². The number of nitrogens with one attached hydrogen (secondary N) is 2. The molecule has 2 N–H and O–H groups in total. The molecule has 1 aromatic rings. The average Bonchev–Trinajstić information content (AvgIpc) is 2.82. The Morgan fingerprint density at radius 1 is 1.37 bits per heavy atom. The molecule has 1 aliphatic heterocycles. The Balaban J connectivity index is 1.80. The molecular formula is C12H15ClN4O2. The van der Waals surface area contributed by atoms with Crippen LogP contribution in [-0.2, 0) is 0 Å². The van der Waals surface area contributed by atoms with Gasteiger partial charge >= 0.3 is 0 Å². The second kappa shape index (κ2) is 5.03. The predicted octanol–water partition coefficient (Wildman–Crippen LogP) is 1.70. The van der Waals surface area contributed by atoms with Crippen molar-refractivity contribution in [3.05, 3.63) is 39.2 Å². The molecule has 4 unspecified atom stereocenters. The topological polar surface area (TPSA) is 80.1 Å². The lowest BCUT2D eigenvalue weighted by atomic mass is 9.78. The van der Waals surface area contributed by atoms with E-state index in [0.717, 1.165) is 12.1 Å². The number of aromatic nitrogens is 1. The SMILES string of the molecule is O=[N+]([O-])C1CCC2NNC(c3ccc(Cl)cn3)C2C1. The molecular weight excluding hydrogens is 268 g/mol. The minimum absolute atomic E-state index is 0.0185. The van der Waals surface area contributed by atoms with Crippen molar-refractivity contribution < 1.29 is 4.92 Å². The molecule has 1 aliphatic carbocycles. The fourth-order valence-corrected chi connectivity index (χ4v) is 3.20. The van der Waals surface area contributed by atoms with Crippen molar-refractivity contribution in [2.75, 3.05) is 0 Å². The van der Waals surface area contributed by atoms with Crippen molar-refractivity contribution in [3.8, 4) is 0 Å². The van der Waals surface area contributed by atoms with E-state index in [-0.39, 0.29) is 16.9 Å². The molecule has 1 saturated heterocycles. The summed E-state index contributed by atoms with van der Waals surface area (Å²) in [5.74, 6) is 0.206. The molecule has 7 heteroatoms. The van der Waals surface area contributed by atoms with Gasteiger partial charge < -0.3 is 0 Å². The monoisotopic (exact) mass is 282 g/mol. The molecule has 0 bridgehead atoms. The zero-order valence-corrected chi connectivity index (χ0v) is 11.0. The van der Waals surface area contributed by atoms with E-state index >= 15 is 0 Å². The van der Waals surface area contributed by atoms with Crippen LogP contribution in [0.3, 0.4) is 0 Å². The lowest BCUT2D eigenvalue weighted by Gasteiger charge is -2.28. The number of hydrogen-bond donors (Lipinski definition) is 2. The van der Waals surface area contributed by atoms with Gasteiger partial charge in [0.1, 0.15) is 0 Å². The summed E-state index contributed by atoms with van der Waals surface area (Å²) in [5, 5.41) is 11.6. The molecule has 0 aromatic carbocycles. The van der Waals surface area contributed by atoms with Crippen LogP contribution in [0.2, 0.25) is 5.02 Å². The first kappa shape index (κ1) is 12.8. The number of fused-ring (bicyclic) bond motifs is 1. The van der Waals surface area contributed by atoms with Crippen molar-refractivity contribution in [1.29, 1.82) is 0 Å². The number of nitrogens with zero attached hydrogens (tertiary/aromatic N) is 2. The van der Waals surface area contributed by atoms with E-state index < -0.39 is 6.04 Å². The molecule has 2 aliphatic rings. The lowest BCUT2D eigenvalue weighted by Crippen LogP contribution is -2.39. The third-order valence-corrected chi connectivity index (χ3v) is 4.31. The predicted molar refractivity (Wildman–Crippen MR) is 70.2 cm³/mol. The standard InChI is InChI=1S/C12H15ClN4O2/c13-7-1-3-11(14-6-7)12-9-5-8(17(18)19)2-4-10(9)15-16-12/h1,3,6,8-10,12,15-16H,2,4-5H2. The zero-order chi connectivity index (χ0) is 13.4. The van der Waals surface area contributed by atoms with Crippen LogP contribution in [0.4, 0.5) is 0 Å². The molecule has 2 heterocycles. The Labute approximate surface area is 115 Å². The highest BCUT2D eigenvalue weighted by Crippen LogP contribution is 2.38. The molecule has 1 saturated carbocycles. The Morgan fingerprint density at radius 3 is 2.89 bits per heavy atom. The van der Waals surface area contributed by atoms with Crippen molar-refractivity contribution in [2.24, 2.45) is 5.92 Å². The maximum atomic E-state index is 11.0. The first-order chi connectivity index (χ1) is 9.15. The minimum Gasteiger partial charge on any atom is -0.264 e. The molecule has 0 amide bonds. The first-order valence-electron chi connectivity index (χ1n) is 6.41. The van der Waals surface area contributed by atoms with Crippen molar-refractivity contribution >= 4 is 11.6 Å². The van der Waals surface area contributed by atoms with E-state index in [1.807, 2.05) is 6.07 Å². The summed E-state index contributed by atoms with van der Waals surface area (Å²) in [4.78, 5) is 15.1. The van der Waals surface area contributed by atoms with Crippen LogP contribution in [-0.4, -0.2) is 22.0 Å². The molecule has 19 heavy (non-hydrogen) atoms. The number of rotatable bonds is 2. The van der Waals surface area contributed by atoms with E-state index in [9.17, 15) is 10.1 Å². The molecule has 6 nitrogen and oxygen atoms in total. The minimum atomic E-state index is -0.433. The third kappa shape index (κ3) is 2.43. The van der Waals surface area contributed by atoms with Crippen LogP contribution in [0.1, 0.15) is 31.0 Å². The van der Waals surface area contributed by atoms with Gasteiger partial charge in [0.05, 0.1) is 16.8 Å². The van der Waals surface area contributed by atoms with Crippen LogP contribution in [0.15, 0.2) is 18.3 Å². The summed E-state index contributed by atoms with van der Waals surface area (Å²) >= 11 is 5.83. The van der Waals surface area contributed by atoms with Gasteiger partial charge in [0, 0.05) is 35.9 Å². The summed E-state index contributed by atoms with van der Waals surface area (Å²) in [5.41, 5.74) is 7.33. The molecule has 0 radical (unpaired) electrons. The van der Waals surface area contributed by atoms with E-state index in [2.05, 4.69) is 15.8 Å². The van der Waals surface area contributed by atoms with Gasteiger partial charge in [-0.15, -0.1) is 0 Å². The zero-order valence-electron chi connectivity index (χ0n) is 10.3. The molecule has 3 rings (SSSR count). The van der Waals surface area contributed by atoms with E-state index in [1.165, 1.54) is 0 Å². The Hall–Kier alpha value is -1.24. The average molecular weight is 283 g/mol. The van der Waals surface area contributed by atoms with Crippen LogP contribution in [0.25, 0.3) is 0 Å². The number of hydrogen-bond acceptors (Lipinski definition) is 5.